The third kappa shape index (κ3) is 3.03. The van der Waals surface area contributed by atoms with Crippen molar-refractivity contribution in [3.63, 3.8) is 0 Å². The van der Waals surface area contributed by atoms with Crippen molar-refractivity contribution >= 4 is 5.69 Å². The fourth-order valence-corrected chi connectivity index (χ4v) is 2.61. The zero-order chi connectivity index (χ0) is 13.0. The van der Waals surface area contributed by atoms with E-state index in [4.69, 9.17) is 5.11 Å². The van der Waals surface area contributed by atoms with Crippen molar-refractivity contribution in [1.29, 1.82) is 0 Å². The Morgan fingerprint density at radius 2 is 2.22 bits per heavy atom. The van der Waals surface area contributed by atoms with Gasteiger partial charge < -0.3 is 15.7 Å². The standard InChI is InChI=1S/C15H24N2O/c1-11(2)14(7-9-18)17-10-13-5-3-4-12-6-8-16-15(12)13/h3-5,11,14,16-18H,6-10H2,1-2H3. The van der Waals surface area contributed by atoms with Gasteiger partial charge in [0.05, 0.1) is 0 Å². The molecule has 0 aromatic heterocycles. The molecule has 2 rings (SSSR count). The van der Waals surface area contributed by atoms with Crippen LogP contribution in [0.1, 0.15) is 31.4 Å². The number of nitrogens with one attached hydrogen (secondary N) is 2. The smallest absolute Gasteiger partial charge is 0.0445 e. The second-order valence-electron chi connectivity index (χ2n) is 5.37. The van der Waals surface area contributed by atoms with E-state index in [1.54, 1.807) is 0 Å². The first-order chi connectivity index (χ1) is 8.72. The van der Waals surface area contributed by atoms with Crippen molar-refractivity contribution in [3.8, 4) is 0 Å². The second kappa shape index (κ2) is 6.21. The van der Waals surface area contributed by atoms with E-state index >= 15 is 0 Å². The van der Waals surface area contributed by atoms with Crippen LogP contribution in [0.4, 0.5) is 5.69 Å². The van der Waals surface area contributed by atoms with Gasteiger partial charge in [0.2, 0.25) is 0 Å². The van der Waals surface area contributed by atoms with Crippen molar-refractivity contribution in [3.05, 3.63) is 29.3 Å². The first-order valence-electron chi connectivity index (χ1n) is 6.91. The van der Waals surface area contributed by atoms with Gasteiger partial charge >= 0.3 is 0 Å². The molecule has 0 aliphatic carbocycles. The first-order valence-corrected chi connectivity index (χ1v) is 6.91. The summed E-state index contributed by atoms with van der Waals surface area (Å²) in [6, 6.07) is 6.90. The van der Waals surface area contributed by atoms with Crippen LogP contribution in [0.5, 0.6) is 0 Å². The van der Waals surface area contributed by atoms with Gasteiger partial charge in [0.25, 0.3) is 0 Å². The molecule has 0 spiro atoms. The Hall–Kier alpha value is -1.06. The Bertz CT molecular complexity index is 390. The molecule has 0 saturated carbocycles. The van der Waals surface area contributed by atoms with Gasteiger partial charge in [-0.3, -0.25) is 0 Å². The van der Waals surface area contributed by atoms with E-state index < -0.39 is 0 Å². The molecule has 1 aliphatic rings. The van der Waals surface area contributed by atoms with E-state index in [0.29, 0.717) is 12.0 Å². The zero-order valence-electron chi connectivity index (χ0n) is 11.4. The van der Waals surface area contributed by atoms with Gasteiger partial charge in [-0.15, -0.1) is 0 Å². The van der Waals surface area contributed by atoms with E-state index in [2.05, 4.69) is 42.7 Å². The number of aliphatic hydroxyl groups excluding tert-OH is 1. The lowest BCUT2D eigenvalue weighted by molar-refractivity contribution is 0.244. The molecule has 1 atom stereocenters. The number of aliphatic hydroxyl groups is 1. The number of benzene rings is 1. The maximum atomic E-state index is 9.09. The number of rotatable bonds is 6. The molecular formula is C15H24N2O. The maximum Gasteiger partial charge on any atom is 0.0445 e. The summed E-state index contributed by atoms with van der Waals surface area (Å²) >= 11 is 0. The molecule has 1 heterocycles. The summed E-state index contributed by atoms with van der Waals surface area (Å²) in [6.07, 6.45) is 1.95. The summed E-state index contributed by atoms with van der Waals surface area (Å²) in [7, 11) is 0. The molecule has 1 aliphatic heterocycles. The summed E-state index contributed by atoms with van der Waals surface area (Å²) in [5.41, 5.74) is 4.09. The molecule has 3 nitrogen and oxygen atoms in total. The molecule has 0 bridgehead atoms. The average molecular weight is 248 g/mol. The Balaban J connectivity index is 1.99. The first kappa shape index (κ1) is 13.4. The number of fused-ring (bicyclic) bond motifs is 1. The minimum absolute atomic E-state index is 0.251. The van der Waals surface area contributed by atoms with Gasteiger partial charge in [-0.2, -0.15) is 0 Å². The van der Waals surface area contributed by atoms with Crippen LogP contribution in [0.2, 0.25) is 0 Å². The minimum atomic E-state index is 0.251. The molecule has 1 aromatic rings. The highest BCUT2D eigenvalue weighted by atomic mass is 16.3. The third-order valence-electron chi connectivity index (χ3n) is 3.73. The molecule has 0 amide bonds. The Morgan fingerprint density at radius 1 is 1.39 bits per heavy atom. The van der Waals surface area contributed by atoms with E-state index in [1.165, 1.54) is 16.8 Å². The van der Waals surface area contributed by atoms with Crippen molar-refractivity contribution < 1.29 is 5.11 Å². The SMILES string of the molecule is CC(C)C(CCO)NCc1cccc2c1NCC2. The van der Waals surface area contributed by atoms with E-state index in [-0.39, 0.29) is 6.61 Å². The van der Waals surface area contributed by atoms with Crippen molar-refractivity contribution in [2.24, 2.45) is 5.92 Å². The van der Waals surface area contributed by atoms with Crippen molar-refractivity contribution in [2.45, 2.75) is 39.3 Å². The Labute approximate surface area is 110 Å². The number of hydrogen-bond donors (Lipinski definition) is 3. The lowest BCUT2D eigenvalue weighted by Crippen LogP contribution is -2.34. The average Bonchev–Trinajstić information content (AvgIpc) is 2.82. The highest BCUT2D eigenvalue weighted by Gasteiger charge is 2.16. The highest BCUT2D eigenvalue weighted by molar-refractivity contribution is 5.61. The summed E-state index contributed by atoms with van der Waals surface area (Å²) in [5.74, 6) is 0.543. The van der Waals surface area contributed by atoms with Crippen molar-refractivity contribution in [1.82, 2.24) is 5.32 Å². The molecule has 0 fully saturated rings. The van der Waals surface area contributed by atoms with Crippen molar-refractivity contribution in [2.75, 3.05) is 18.5 Å². The lowest BCUT2D eigenvalue weighted by Gasteiger charge is -2.22. The van der Waals surface area contributed by atoms with Crippen LogP contribution in [-0.2, 0) is 13.0 Å². The van der Waals surface area contributed by atoms with Crippen LogP contribution >= 0.6 is 0 Å². The molecule has 3 heteroatoms. The normalized spacial score (nSPS) is 15.6. The van der Waals surface area contributed by atoms with E-state index in [0.717, 1.165) is 25.9 Å². The number of anilines is 1. The molecule has 3 N–H and O–H groups in total. The van der Waals surface area contributed by atoms with Crippen LogP contribution < -0.4 is 10.6 Å². The quantitative estimate of drug-likeness (QED) is 0.723. The topological polar surface area (TPSA) is 44.3 Å². The fraction of sp³-hybridized carbons (Fsp3) is 0.600. The Morgan fingerprint density at radius 3 is 2.94 bits per heavy atom. The van der Waals surface area contributed by atoms with Gasteiger partial charge in [0.1, 0.15) is 0 Å². The van der Waals surface area contributed by atoms with Gasteiger partial charge in [-0.1, -0.05) is 32.0 Å². The van der Waals surface area contributed by atoms with Crippen LogP contribution in [-0.4, -0.2) is 24.3 Å². The summed E-state index contributed by atoms with van der Waals surface area (Å²) in [4.78, 5) is 0. The predicted octanol–water partition coefficient (Wildman–Crippen LogP) is 2.15. The fourth-order valence-electron chi connectivity index (χ4n) is 2.61. The van der Waals surface area contributed by atoms with Gasteiger partial charge in [-0.25, -0.2) is 0 Å². The second-order valence-corrected chi connectivity index (χ2v) is 5.37. The highest BCUT2D eigenvalue weighted by Crippen LogP contribution is 2.26. The lowest BCUT2D eigenvalue weighted by atomic mass is 10.0. The monoisotopic (exact) mass is 248 g/mol. The largest absolute Gasteiger partial charge is 0.396 e. The molecule has 0 saturated heterocycles. The van der Waals surface area contributed by atoms with Gasteiger partial charge in [0.15, 0.2) is 0 Å². The molecule has 1 unspecified atom stereocenters. The molecule has 0 radical (unpaired) electrons. The summed E-state index contributed by atoms with van der Waals surface area (Å²) < 4.78 is 0. The van der Waals surface area contributed by atoms with Gasteiger partial charge in [0, 0.05) is 31.4 Å². The maximum absolute atomic E-state index is 9.09. The number of hydrogen-bond acceptors (Lipinski definition) is 3. The predicted molar refractivity (Wildman–Crippen MR) is 75.8 cm³/mol. The molecule has 18 heavy (non-hydrogen) atoms. The van der Waals surface area contributed by atoms with Crippen LogP contribution in [0, 0.1) is 5.92 Å². The number of para-hydroxylation sites is 1. The van der Waals surface area contributed by atoms with E-state index in [1.807, 2.05) is 0 Å². The zero-order valence-corrected chi connectivity index (χ0v) is 11.4. The molecule has 1 aromatic carbocycles. The van der Waals surface area contributed by atoms with Gasteiger partial charge in [-0.05, 0) is 29.9 Å². The van der Waals surface area contributed by atoms with Crippen LogP contribution in [0.15, 0.2) is 18.2 Å². The summed E-state index contributed by atoms with van der Waals surface area (Å²) in [5, 5.41) is 16.1. The molecule has 100 valence electrons. The van der Waals surface area contributed by atoms with E-state index in [9.17, 15) is 0 Å². The Kier molecular flexibility index (Phi) is 4.61. The molecular weight excluding hydrogens is 224 g/mol. The van der Waals surface area contributed by atoms with Crippen LogP contribution in [0.25, 0.3) is 0 Å². The third-order valence-corrected chi connectivity index (χ3v) is 3.73. The summed E-state index contributed by atoms with van der Waals surface area (Å²) in [6.45, 7) is 6.57. The minimum Gasteiger partial charge on any atom is -0.396 e. The van der Waals surface area contributed by atoms with Crippen LogP contribution in [0.3, 0.4) is 0 Å².